The highest BCUT2D eigenvalue weighted by atomic mass is 15.2. The number of aromatic nitrogens is 4. The normalized spacial score (nSPS) is 13.0. The zero-order valence-electron chi connectivity index (χ0n) is 29.0. The van der Waals surface area contributed by atoms with Crippen molar-refractivity contribution in [3.05, 3.63) is 181 Å². The molecule has 4 nitrogen and oxygen atoms in total. The molecule has 0 fully saturated rings. The van der Waals surface area contributed by atoms with Crippen LogP contribution in [-0.2, 0) is 5.41 Å². The quantitative estimate of drug-likeness (QED) is 0.184. The van der Waals surface area contributed by atoms with Gasteiger partial charge in [0.1, 0.15) is 0 Å². The Labute approximate surface area is 302 Å². The van der Waals surface area contributed by atoms with Crippen LogP contribution in [0.4, 0.5) is 0 Å². The van der Waals surface area contributed by atoms with Crippen molar-refractivity contribution < 1.29 is 0 Å². The first-order chi connectivity index (χ1) is 25.5. The number of para-hydroxylation sites is 1. The van der Waals surface area contributed by atoms with Gasteiger partial charge in [-0.3, -0.25) is 4.57 Å². The predicted molar refractivity (Wildman–Crippen MR) is 213 cm³/mol. The molecule has 1 aliphatic rings. The first-order valence-corrected chi connectivity index (χ1v) is 17.8. The Bertz CT molecular complexity index is 2740. The molecule has 7 aromatic carbocycles. The number of rotatable bonds is 5. The van der Waals surface area contributed by atoms with Gasteiger partial charge in [-0.15, -0.1) is 0 Å². The lowest BCUT2D eigenvalue weighted by Crippen LogP contribution is -2.15. The van der Waals surface area contributed by atoms with E-state index in [2.05, 4.69) is 170 Å². The number of hydrogen-bond acceptors (Lipinski definition) is 3. The molecule has 10 rings (SSSR count). The second-order valence-corrected chi connectivity index (χ2v) is 14.1. The fraction of sp³-hybridized carbons (Fsp3) is 0.0625. The third-order valence-corrected chi connectivity index (χ3v) is 10.6. The number of hydrogen-bond donors (Lipinski definition) is 0. The van der Waals surface area contributed by atoms with Gasteiger partial charge in [0.05, 0.1) is 11.0 Å². The van der Waals surface area contributed by atoms with Crippen molar-refractivity contribution in [2.75, 3.05) is 0 Å². The van der Waals surface area contributed by atoms with Gasteiger partial charge >= 0.3 is 0 Å². The predicted octanol–water partition coefficient (Wildman–Crippen LogP) is 11.9. The van der Waals surface area contributed by atoms with E-state index in [1.54, 1.807) is 0 Å². The molecule has 0 amide bonds. The van der Waals surface area contributed by atoms with E-state index < -0.39 is 0 Å². The van der Waals surface area contributed by atoms with Gasteiger partial charge in [-0.2, -0.15) is 9.97 Å². The molecule has 9 aromatic rings. The highest BCUT2D eigenvalue weighted by Crippen LogP contribution is 2.51. The summed E-state index contributed by atoms with van der Waals surface area (Å²) in [5.74, 6) is 1.85. The summed E-state index contributed by atoms with van der Waals surface area (Å²) in [6.07, 6.45) is 0. The van der Waals surface area contributed by atoms with Gasteiger partial charge in [0.25, 0.3) is 0 Å². The Kier molecular flexibility index (Phi) is 6.80. The minimum absolute atomic E-state index is 0.146. The second kappa shape index (κ2) is 11.7. The van der Waals surface area contributed by atoms with Crippen molar-refractivity contribution in [2.24, 2.45) is 0 Å². The van der Waals surface area contributed by atoms with E-state index in [4.69, 9.17) is 15.0 Å². The van der Waals surface area contributed by atoms with Crippen LogP contribution < -0.4 is 0 Å². The molecule has 52 heavy (non-hydrogen) atoms. The van der Waals surface area contributed by atoms with Crippen LogP contribution in [0.1, 0.15) is 25.0 Å². The Morgan fingerprint density at radius 1 is 0.385 bits per heavy atom. The molecule has 2 aromatic heterocycles. The monoisotopic (exact) mass is 666 g/mol. The Hall–Kier alpha value is -6.65. The maximum absolute atomic E-state index is 5.35. The number of fused-ring (bicyclic) bond motifs is 6. The summed E-state index contributed by atoms with van der Waals surface area (Å²) in [7, 11) is 0. The summed E-state index contributed by atoms with van der Waals surface area (Å²) in [4.78, 5) is 15.8. The van der Waals surface area contributed by atoms with Gasteiger partial charge in [0, 0.05) is 27.3 Å². The zero-order valence-corrected chi connectivity index (χ0v) is 29.0. The first-order valence-electron chi connectivity index (χ1n) is 17.8. The van der Waals surface area contributed by atoms with E-state index in [9.17, 15) is 0 Å². The molecule has 0 unspecified atom stereocenters. The van der Waals surface area contributed by atoms with E-state index in [0.29, 0.717) is 17.6 Å². The number of nitrogens with zero attached hydrogens (tertiary/aromatic N) is 4. The standard InChI is InChI=1S/C48H34N4/c1-48(2)41-24-14-12-22-37(41)39-29-40-38-23-13-15-25-43(38)52(44(40)30-42(39)48)47-50-45(33-20-10-5-11-21-33)49-46(51-47)36-27-34(31-16-6-3-7-17-31)26-35(28-36)32-18-8-4-9-19-32/h3-30H,1-2H3. The van der Waals surface area contributed by atoms with Gasteiger partial charge in [0.15, 0.2) is 11.6 Å². The maximum Gasteiger partial charge on any atom is 0.238 e. The van der Waals surface area contributed by atoms with Crippen molar-refractivity contribution in [1.82, 2.24) is 19.5 Å². The van der Waals surface area contributed by atoms with Crippen molar-refractivity contribution in [3.63, 3.8) is 0 Å². The molecular formula is C48H34N4. The van der Waals surface area contributed by atoms with Crippen molar-refractivity contribution in [2.45, 2.75) is 19.3 Å². The summed E-state index contributed by atoms with van der Waals surface area (Å²) in [5, 5.41) is 2.35. The SMILES string of the molecule is CC1(C)c2ccccc2-c2cc3c4ccccc4n(-c4nc(-c5ccccc5)nc(-c5cc(-c6ccccc6)cc(-c6ccccc6)c5)n4)c3cc21. The summed E-state index contributed by atoms with van der Waals surface area (Å²) in [6.45, 7) is 4.66. The van der Waals surface area contributed by atoms with Crippen molar-refractivity contribution >= 4 is 21.8 Å². The molecular weight excluding hydrogens is 633 g/mol. The average molecular weight is 667 g/mol. The highest BCUT2D eigenvalue weighted by molar-refractivity contribution is 6.11. The molecule has 0 spiro atoms. The van der Waals surface area contributed by atoms with Gasteiger partial charge in [-0.1, -0.05) is 147 Å². The fourth-order valence-corrected chi connectivity index (χ4v) is 8.04. The number of benzene rings is 7. The van der Waals surface area contributed by atoms with Crippen LogP contribution in [0.15, 0.2) is 170 Å². The third kappa shape index (κ3) is 4.79. The Morgan fingerprint density at radius 3 is 1.60 bits per heavy atom. The molecule has 0 saturated heterocycles. The van der Waals surface area contributed by atoms with Crippen LogP contribution in [0.2, 0.25) is 0 Å². The van der Waals surface area contributed by atoms with Crippen LogP contribution in [0.3, 0.4) is 0 Å². The molecule has 4 heteroatoms. The van der Waals surface area contributed by atoms with E-state index in [1.807, 2.05) is 18.2 Å². The molecule has 0 saturated carbocycles. The minimum Gasteiger partial charge on any atom is -0.278 e. The summed E-state index contributed by atoms with van der Waals surface area (Å²) in [6, 6.07) is 60.1. The van der Waals surface area contributed by atoms with Crippen molar-refractivity contribution in [1.29, 1.82) is 0 Å². The summed E-state index contributed by atoms with van der Waals surface area (Å²) in [5.41, 5.74) is 13.6. The fourth-order valence-electron chi connectivity index (χ4n) is 8.04. The van der Waals surface area contributed by atoms with Crippen LogP contribution in [0.5, 0.6) is 0 Å². The maximum atomic E-state index is 5.35. The lowest BCUT2D eigenvalue weighted by atomic mass is 9.82. The lowest BCUT2D eigenvalue weighted by molar-refractivity contribution is 0.661. The molecule has 0 radical (unpaired) electrons. The second-order valence-electron chi connectivity index (χ2n) is 14.1. The molecule has 2 heterocycles. The largest absolute Gasteiger partial charge is 0.278 e. The zero-order chi connectivity index (χ0) is 34.8. The topological polar surface area (TPSA) is 43.6 Å². The molecule has 0 N–H and O–H groups in total. The third-order valence-electron chi connectivity index (χ3n) is 10.6. The van der Waals surface area contributed by atoms with E-state index in [-0.39, 0.29) is 5.41 Å². The first kappa shape index (κ1) is 30.2. The van der Waals surface area contributed by atoms with Gasteiger partial charge in [-0.05, 0) is 80.9 Å². The van der Waals surface area contributed by atoms with Crippen molar-refractivity contribution in [3.8, 4) is 62.1 Å². The van der Waals surface area contributed by atoms with Gasteiger partial charge in [0.2, 0.25) is 5.95 Å². The van der Waals surface area contributed by atoms with Crippen LogP contribution in [0.25, 0.3) is 83.9 Å². The minimum atomic E-state index is -0.146. The van der Waals surface area contributed by atoms with Gasteiger partial charge in [-0.25, -0.2) is 4.98 Å². The Balaban J connectivity index is 1.26. The molecule has 246 valence electrons. The van der Waals surface area contributed by atoms with E-state index in [1.165, 1.54) is 33.0 Å². The van der Waals surface area contributed by atoms with E-state index in [0.717, 1.165) is 44.4 Å². The highest BCUT2D eigenvalue weighted by Gasteiger charge is 2.36. The molecule has 0 bridgehead atoms. The van der Waals surface area contributed by atoms with Gasteiger partial charge < -0.3 is 0 Å². The smallest absolute Gasteiger partial charge is 0.238 e. The lowest BCUT2D eigenvalue weighted by Gasteiger charge is -2.21. The van der Waals surface area contributed by atoms with Crippen LogP contribution in [-0.4, -0.2) is 19.5 Å². The molecule has 0 atom stereocenters. The molecule has 1 aliphatic carbocycles. The summed E-state index contributed by atoms with van der Waals surface area (Å²) < 4.78 is 2.24. The van der Waals surface area contributed by atoms with Crippen LogP contribution >= 0.6 is 0 Å². The van der Waals surface area contributed by atoms with E-state index >= 15 is 0 Å². The average Bonchev–Trinajstić information content (AvgIpc) is 3.65. The summed E-state index contributed by atoms with van der Waals surface area (Å²) >= 11 is 0. The Morgan fingerprint density at radius 2 is 0.923 bits per heavy atom. The molecule has 0 aliphatic heterocycles. The van der Waals surface area contributed by atoms with Crippen LogP contribution in [0, 0.1) is 0 Å².